The number of halogens is 1. The molecule has 4 rings (SSSR count). The molecule has 34 heavy (non-hydrogen) atoms. The predicted octanol–water partition coefficient (Wildman–Crippen LogP) is 5.92. The number of hydrogen-bond acceptors (Lipinski definition) is 3. The van der Waals surface area contributed by atoms with Crippen LogP contribution in [0.2, 0.25) is 5.02 Å². The van der Waals surface area contributed by atoms with Crippen LogP contribution < -0.4 is 4.31 Å². The number of hydrogen-bond donors (Lipinski definition) is 0. The largest absolute Gasteiger partial charge is 0.338 e. The van der Waals surface area contributed by atoms with Crippen LogP contribution in [0.3, 0.4) is 0 Å². The van der Waals surface area contributed by atoms with Gasteiger partial charge in [-0.15, -0.1) is 0 Å². The summed E-state index contributed by atoms with van der Waals surface area (Å²) in [5.41, 5.74) is 2.51. The van der Waals surface area contributed by atoms with Crippen molar-refractivity contribution in [3.05, 3.63) is 94.5 Å². The van der Waals surface area contributed by atoms with Gasteiger partial charge in [0.1, 0.15) is 0 Å². The fourth-order valence-corrected chi connectivity index (χ4v) is 5.91. The van der Waals surface area contributed by atoms with Gasteiger partial charge in [0.25, 0.3) is 15.9 Å². The van der Waals surface area contributed by atoms with Gasteiger partial charge in [0.15, 0.2) is 0 Å². The Bertz CT molecular complexity index is 1260. The predicted molar refractivity (Wildman–Crippen MR) is 137 cm³/mol. The molecule has 0 aromatic heterocycles. The maximum Gasteiger partial charge on any atom is 0.264 e. The van der Waals surface area contributed by atoms with Crippen LogP contribution in [0.15, 0.2) is 77.7 Å². The zero-order valence-corrected chi connectivity index (χ0v) is 21.0. The highest BCUT2D eigenvalue weighted by molar-refractivity contribution is 7.92. The molecule has 1 heterocycles. The van der Waals surface area contributed by atoms with Crippen LogP contribution in [-0.4, -0.2) is 32.3 Å². The van der Waals surface area contributed by atoms with Crippen molar-refractivity contribution in [2.24, 2.45) is 5.92 Å². The highest BCUT2D eigenvalue weighted by Crippen LogP contribution is 2.31. The van der Waals surface area contributed by atoms with Crippen molar-refractivity contribution in [2.75, 3.05) is 17.4 Å². The molecule has 1 atom stereocenters. The summed E-state index contributed by atoms with van der Waals surface area (Å²) in [4.78, 5) is 15.6. The second-order valence-electron chi connectivity index (χ2n) is 8.97. The number of carbonyl (C=O) groups excluding carboxylic acids is 1. The van der Waals surface area contributed by atoms with Crippen LogP contribution in [0, 0.1) is 12.8 Å². The molecule has 5 nitrogen and oxygen atoms in total. The Morgan fingerprint density at radius 2 is 1.71 bits per heavy atom. The standard InChI is InChI=1S/C27H29ClN2O3S/c1-20-9-15-24(16-10-20)34(32,33)30(19-22-11-13-23(28)14-12-22)26-8-4-3-7-25(26)27(31)29-17-5-6-21(2)18-29/h3-4,7-16,21H,5-6,17-19H2,1-2H3/t21-/m1/s1. The highest BCUT2D eigenvalue weighted by atomic mass is 35.5. The Morgan fingerprint density at radius 1 is 1.03 bits per heavy atom. The Hall–Kier alpha value is -2.83. The van der Waals surface area contributed by atoms with Crippen molar-refractivity contribution in [3.8, 4) is 0 Å². The SMILES string of the molecule is Cc1ccc(S(=O)(=O)N(Cc2ccc(Cl)cc2)c2ccccc2C(=O)N2CCC[C@@H](C)C2)cc1. The molecular formula is C27H29ClN2O3S. The van der Waals surface area contributed by atoms with E-state index >= 15 is 0 Å². The van der Waals surface area contributed by atoms with Gasteiger partial charge in [0.05, 0.1) is 22.7 Å². The summed E-state index contributed by atoms with van der Waals surface area (Å²) < 4.78 is 29.1. The lowest BCUT2D eigenvalue weighted by Crippen LogP contribution is -2.40. The van der Waals surface area contributed by atoms with E-state index in [0.29, 0.717) is 35.3 Å². The van der Waals surface area contributed by atoms with Gasteiger partial charge in [-0.2, -0.15) is 0 Å². The van der Waals surface area contributed by atoms with Gasteiger partial charge in [0, 0.05) is 18.1 Å². The Balaban J connectivity index is 1.80. The van der Waals surface area contributed by atoms with Crippen molar-refractivity contribution in [1.82, 2.24) is 4.90 Å². The third kappa shape index (κ3) is 5.29. The summed E-state index contributed by atoms with van der Waals surface area (Å²) in [7, 11) is -3.95. The van der Waals surface area contributed by atoms with E-state index in [-0.39, 0.29) is 17.3 Å². The number of carbonyl (C=O) groups is 1. The normalized spacial score (nSPS) is 16.3. The molecule has 1 fully saturated rings. The van der Waals surface area contributed by atoms with Crippen LogP contribution in [0.4, 0.5) is 5.69 Å². The minimum Gasteiger partial charge on any atom is -0.338 e. The third-order valence-electron chi connectivity index (χ3n) is 6.20. The molecule has 178 valence electrons. The second kappa shape index (κ2) is 10.2. The van der Waals surface area contributed by atoms with Crippen molar-refractivity contribution >= 4 is 33.2 Å². The average molecular weight is 497 g/mol. The maximum atomic E-state index is 13.9. The zero-order valence-electron chi connectivity index (χ0n) is 19.4. The Kier molecular flexibility index (Phi) is 7.29. The molecule has 0 bridgehead atoms. The number of sulfonamides is 1. The van der Waals surface area contributed by atoms with Gasteiger partial charge in [0.2, 0.25) is 0 Å². The highest BCUT2D eigenvalue weighted by Gasteiger charge is 2.31. The van der Waals surface area contributed by atoms with Crippen LogP contribution in [0.1, 0.15) is 41.3 Å². The molecule has 3 aromatic rings. The lowest BCUT2D eigenvalue weighted by atomic mass is 9.99. The van der Waals surface area contributed by atoms with Crippen molar-refractivity contribution in [2.45, 2.75) is 38.1 Å². The molecule has 7 heteroatoms. The first-order valence-electron chi connectivity index (χ1n) is 11.5. The number of rotatable bonds is 6. The first-order chi connectivity index (χ1) is 16.3. The summed E-state index contributed by atoms with van der Waals surface area (Å²) in [5, 5.41) is 0.575. The van der Waals surface area contributed by atoms with E-state index in [0.717, 1.165) is 24.0 Å². The molecule has 0 spiro atoms. The summed E-state index contributed by atoms with van der Waals surface area (Å²) >= 11 is 6.05. The van der Waals surface area contributed by atoms with E-state index in [9.17, 15) is 13.2 Å². The van der Waals surface area contributed by atoms with Crippen LogP contribution in [0.5, 0.6) is 0 Å². The minimum atomic E-state index is -3.95. The number of nitrogens with zero attached hydrogens (tertiary/aromatic N) is 2. The van der Waals surface area contributed by atoms with E-state index in [4.69, 9.17) is 11.6 Å². The van der Waals surface area contributed by atoms with Crippen LogP contribution in [-0.2, 0) is 16.6 Å². The van der Waals surface area contributed by atoms with E-state index in [2.05, 4.69) is 6.92 Å². The molecule has 3 aromatic carbocycles. The van der Waals surface area contributed by atoms with Crippen molar-refractivity contribution in [1.29, 1.82) is 0 Å². The van der Waals surface area contributed by atoms with E-state index < -0.39 is 10.0 Å². The smallest absolute Gasteiger partial charge is 0.264 e. The van der Waals surface area contributed by atoms with Gasteiger partial charge >= 0.3 is 0 Å². The molecule has 0 saturated carbocycles. The van der Waals surface area contributed by atoms with Gasteiger partial charge in [-0.1, -0.05) is 60.5 Å². The number of likely N-dealkylation sites (tertiary alicyclic amines) is 1. The monoisotopic (exact) mass is 496 g/mol. The van der Waals surface area contributed by atoms with Gasteiger partial charge in [-0.25, -0.2) is 8.42 Å². The molecule has 0 aliphatic carbocycles. The molecule has 1 aliphatic heterocycles. The van der Waals surface area contributed by atoms with Crippen molar-refractivity contribution in [3.63, 3.8) is 0 Å². The lowest BCUT2D eigenvalue weighted by molar-refractivity contribution is 0.0684. The first kappa shape index (κ1) is 24.3. The number of para-hydroxylation sites is 1. The lowest BCUT2D eigenvalue weighted by Gasteiger charge is -2.33. The summed E-state index contributed by atoms with van der Waals surface area (Å²) in [5.74, 6) is 0.286. The van der Waals surface area contributed by atoms with E-state index in [1.54, 1.807) is 72.8 Å². The Morgan fingerprint density at radius 3 is 2.38 bits per heavy atom. The van der Waals surface area contributed by atoms with Gasteiger partial charge in [-0.3, -0.25) is 9.10 Å². The fraction of sp³-hybridized carbons (Fsp3) is 0.296. The molecular weight excluding hydrogens is 468 g/mol. The summed E-state index contributed by atoms with van der Waals surface area (Å²) in [6.45, 7) is 5.48. The minimum absolute atomic E-state index is 0.0775. The quantitative estimate of drug-likeness (QED) is 0.426. The molecule has 0 radical (unpaired) electrons. The number of aryl methyl sites for hydroxylation is 1. The molecule has 0 unspecified atom stereocenters. The number of piperidine rings is 1. The first-order valence-corrected chi connectivity index (χ1v) is 13.3. The second-order valence-corrected chi connectivity index (χ2v) is 11.3. The van der Waals surface area contributed by atoms with Crippen molar-refractivity contribution < 1.29 is 13.2 Å². The number of amides is 1. The summed E-state index contributed by atoms with van der Waals surface area (Å²) in [6, 6.07) is 20.8. The zero-order chi connectivity index (χ0) is 24.3. The average Bonchev–Trinajstić information content (AvgIpc) is 2.83. The fourth-order valence-electron chi connectivity index (χ4n) is 4.31. The molecule has 1 saturated heterocycles. The summed E-state index contributed by atoms with van der Waals surface area (Å²) in [6.07, 6.45) is 2.04. The Labute approximate surface area is 207 Å². The van der Waals surface area contributed by atoms with E-state index in [1.165, 1.54) is 4.31 Å². The topological polar surface area (TPSA) is 57.7 Å². The van der Waals surface area contributed by atoms with Crippen LogP contribution >= 0.6 is 11.6 Å². The maximum absolute atomic E-state index is 13.9. The van der Waals surface area contributed by atoms with Gasteiger partial charge in [-0.05, 0) is 67.6 Å². The van der Waals surface area contributed by atoms with E-state index in [1.807, 2.05) is 11.8 Å². The molecule has 1 aliphatic rings. The number of anilines is 1. The van der Waals surface area contributed by atoms with Crippen LogP contribution in [0.25, 0.3) is 0 Å². The third-order valence-corrected chi connectivity index (χ3v) is 8.22. The molecule has 0 N–H and O–H groups in total. The molecule has 1 amide bonds. The number of benzene rings is 3. The van der Waals surface area contributed by atoms with Gasteiger partial charge < -0.3 is 4.90 Å².